The molecule has 0 amide bonds. The van der Waals surface area contributed by atoms with E-state index < -0.39 is 9.24 Å². The average molecular weight is 230 g/mol. The summed E-state index contributed by atoms with van der Waals surface area (Å²) in [7, 11) is 2.90. The lowest BCUT2D eigenvalue weighted by Crippen LogP contribution is -2.26. The number of hydrogen-bond donors (Lipinski definition) is 0. The first-order valence-corrected chi connectivity index (χ1v) is 6.16. The molecule has 0 atom stereocenters. The zero-order chi connectivity index (χ0) is 9.90. The maximum absolute atomic E-state index is 10.7. The fourth-order valence-electron chi connectivity index (χ4n) is 0.970. The van der Waals surface area contributed by atoms with Crippen LogP contribution in [-0.4, -0.2) is 45.8 Å². The Morgan fingerprint density at radius 2 is 2.00 bits per heavy atom. The lowest BCUT2D eigenvalue weighted by Gasteiger charge is -2.14. The van der Waals surface area contributed by atoms with Crippen LogP contribution in [0.5, 0.6) is 0 Å². The Bertz CT molecular complexity index is 249. The predicted molar refractivity (Wildman–Crippen MR) is 47.7 cm³/mol. The van der Waals surface area contributed by atoms with Gasteiger partial charge in [0.1, 0.15) is 0 Å². The van der Waals surface area contributed by atoms with E-state index in [0.29, 0.717) is 26.2 Å². The van der Waals surface area contributed by atoms with Gasteiger partial charge in [-0.1, -0.05) is 0 Å². The minimum absolute atomic E-state index is 0.291. The van der Waals surface area contributed by atoms with Crippen molar-refractivity contribution in [2.75, 3.05) is 26.8 Å². The Kier molecular flexibility index (Phi) is 3.93. The van der Waals surface area contributed by atoms with Gasteiger partial charge in [0.2, 0.25) is 0 Å². The van der Waals surface area contributed by atoms with E-state index in [9.17, 15) is 8.42 Å². The van der Waals surface area contributed by atoms with Crippen LogP contribution in [0.4, 0.5) is 0 Å². The number of nitrogens with zero attached hydrogens (tertiary/aromatic N) is 1. The second kappa shape index (κ2) is 4.56. The lowest BCUT2D eigenvalue weighted by molar-refractivity contribution is -0.0479. The van der Waals surface area contributed by atoms with Crippen molar-refractivity contribution >= 4 is 19.9 Å². The molecule has 0 bridgehead atoms. The number of ether oxygens (including phenoxy) is 2. The van der Waals surface area contributed by atoms with E-state index >= 15 is 0 Å². The molecule has 78 valence electrons. The molecule has 1 fully saturated rings. The summed E-state index contributed by atoms with van der Waals surface area (Å²) in [5.41, 5.74) is 0. The normalized spacial score (nSPS) is 19.9. The zero-order valence-corrected chi connectivity index (χ0v) is 8.84. The van der Waals surface area contributed by atoms with Crippen molar-refractivity contribution in [1.29, 1.82) is 0 Å². The summed E-state index contributed by atoms with van der Waals surface area (Å²) in [6, 6.07) is 0. The van der Waals surface area contributed by atoms with Crippen molar-refractivity contribution in [3.8, 4) is 0 Å². The number of hydrogen-bond acceptors (Lipinski definition) is 4. The third-order valence-corrected chi connectivity index (χ3v) is 3.38. The second-order valence-corrected chi connectivity index (χ2v) is 5.34. The van der Waals surface area contributed by atoms with Crippen LogP contribution in [0, 0.1) is 0 Å². The van der Waals surface area contributed by atoms with Gasteiger partial charge in [0.15, 0.2) is 6.29 Å². The van der Waals surface area contributed by atoms with Gasteiger partial charge in [-0.05, 0) is 0 Å². The SMILES string of the molecule is CN(CCC1OCCO1)S(=O)(=O)Cl. The topological polar surface area (TPSA) is 55.8 Å². The highest BCUT2D eigenvalue weighted by Gasteiger charge is 2.19. The summed E-state index contributed by atoms with van der Waals surface area (Å²) >= 11 is 0. The highest BCUT2D eigenvalue weighted by atomic mass is 35.7. The molecule has 0 aromatic carbocycles. The zero-order valence-electron chi connectivity index (χ0n) is 7.27. The third-order valence-electron chi connectivity index (χ3n) is 1.74. The molecule has 13 heavy (non-hydrogen) atoms. The summed E-state index contributed by atoms with van der Waals surface area (Å²) in [6.07, 6.45) is 0.212. The molecule has 0 spiro atoms. The van der Waals surface area contributed by atoms with Crippen LogP contribution in [0.15, 0.2) is 0 Å². The maximum Gasteiger partial charge on any atom is 0.299 e. The van der Waals surface area contributed by atoms with Gasteiger partial charge >= 0.3 is 0 Å². The molecule has 1 aliphatic heterocycles. The van der Waals surface area contributed by atoms with Crippen LogP contribution >= 0.6 is 10.7 Å². The largest absolute Gasteiger partial charge is 0.350 e. The molecule has 1 heterocycles. The van der Waals surface area contributed by atoms with E-state index in [2.05, 4.69) is 0 Å². The minimum Gasteiger partial charge on any atom is -0.350 e. The molecule has 7 heteroatoms. The van der Waals surface area contributed by atoms with E-state index in [-0.39, 0.29) is 6.29 Å². The van der Waals surface area contributed by atoms with Crippen LogP contribution in [0.3, 0.4) is 0 Å². The number of halogens is 1. The van der Waals surface area contributed by atoms with Gasteiger partial charge in [0.05, 0.1) is 13.2 Å². The molecule has 5 nitrogen and oxygen atoms in total. The smallest absolute Gasteiger partial charge is 0.299 e. The van der Waals surface area contributed by atoms with Crippen molar-refractivity contribution in [2.24, 2.45) is 0 Å². The Morgan fingerprint density at radius 3 is 2.46 bits per heavy atom. The van der Waals surface area contributed by atoms with E-state index in [4.69, 9.17) is 20.2 Å². The van der Waals surface area contributed by atoms with Gasteiger partial charge in [-0.15, -0.1) is 0 Å². The molecule has 1 saturated heterocycles. The summed E-state index contributed by atoms with van der Waals surface area (Å²) in [5, 5.41) is 0. The van der Waals surface area contributed by atoms with E-state index in [0.717, 1.165) is 4.31 Å². The Hall–Kier alpha value is 0.120. The van der Waals surface area contributed by atoms with Crippen LogP contribution in [0.25, 0.3) is 0 Å². The Labute approximate surface area is 82.1 Å². The van der Waals surface area contributed by atoms with Gasteiger partial charge in [-0.2, -0.15) is 12.7 Å². The van der Waals surface area contributed by atoms with Gasteiger partial charge in [0, 0.05) is 30.7 Å². The van der Waals surface area contributed by atoms with Gasteiger partial charge < -0.3 is 9.47 Å². The summed E-state index contributed by atoms with van der Waals surface area (Å²) in [4.78, 5) is 0. The van der Waals surface area contributed by atoms with Crippen molar-refractivity contribution in [3.05, 3.63) is 0 Å². The summed E-state index contributed by atoms with van der Waals surface area (Å²) in [6.45, 7) is 1.44. The van der Waals surface area contributed by atoms with E-state index in [1.165, 1.54) is 7.05 Å². The molecule has 0 unspecified atom stereocenters. The highest BCUT2D eigenvalue weighted by molar-refractivity contribution is 8.11. The van der Waals surface area contributed by atoms with Gasteiger partial charge in [-0.25, -0.2) is 0 Å². The average Bonchev–Trinajstić information content (AvgIpc) is 2.50. The minimum atomic E-state index is -3.60. The van der Waals surface area contributed by atoms with Crippen LogP contribution < -0.4 is 0 Å². The molecule has 0 N–H and O–H groups in total. The highest BCUT2D eigenvalue weighted by Crippen LogP contribution is 2.10. The Balaban J connectivity index is 2.25. The first kappa shape index (κ1) is 11.2. The van der Waals surface area contributed by atoms with Crippen LogP contribution in [-0.2, 0) is 18.7 Å². The number of rotatable bonds is 4. The standard InChI is InChI=1S/C6H12ClNO4S/c1-8(13(7,9)10)3-2-6-11-4-5-12-6/h6H,2-5H2,1H3. The molecular weight excluding hydrogens is 218 g/mol. The van der Waals surface area contributed by atoms with Crippen LogP contribution in [0.1, 0.15) is 6.42 Å². The van der Waals surface area contributed by atoms with Crippen molar-refractivity contribution in [1.82, 2.24) is 4.31 Å². The van der Waals surface area contributed by atoms with Crippen LogP contribution in [0.2, 0.25) is 0 Å². The lowest BCUT2D eigenvalue weighted by atomic mass is 10.4. The van der Waals surface area contributed by atoms with E-state index in [1.54, 1.807) is 0 Å². The fourth-order valence-corrected chi connectivity index (χ4v) is 1.50. The fraction of sp³-hybridized carbons (Fsp3) is 1.00. The molecular formula is C6H12ClNO4S. The summed E-state index contributed by atoms with van der Waals surface area (Å²) < 4.78 is 32.8. The predicted octanol–water partition coefficient (Wildman–Crippen LogP) is 0.165. The summed E-state index contributed by atoms with van der Waals surface area (Å²) in [5.74, 6) is 0. The first-order valence-electron chi connectivity index (χ1n) is 3.89. The molecule has 0 aromatic rings. The third kappa shape index (κ3) is 3.78. The molecule has 1 rings (SSSR count). The maximum atomic E-state index is 10.7. The van der Waals surface area contributed by atoms with Gasteiger partial charge in [-0.3, -0.25) is 0 Å². The molecule has 1 aliphatic rings. The monoisotopic (exact) mass is 229 g/mol. The molecule has 0 saturated carbocycles. The molecule has 0 aliphatic carbocycles. The Morgan fingerprint density at radius 1 is 1.46 bits per heavy atom. The quantitative estimate of drug-likeness (QED) is 0.645. The molecule has 0 radical (unpaired) electrons. The molecule has 0 aromatic heterocycles. The van der Waals surface area contributed by atoms with Crippen molar-refractivity contribution in [2.45, 2.75) is 12.7 Å². The van der Waals surface area contributed by atoms with E-state index in [1.807, 2.05) is 0 Å². The van der Waals surface area contributed by atoms with Gasteiger partial charge in [0.25, 0.3) is 9.24 Å². The van der Waals surface area contributed by atoms with Crippen molar-refractivity contribution < 1.29 is 17.9 Å². The second-order valence-electron chi connectivity index (χ2n) is 2.72. The van der Waals surface area contributed by atoms with Crippen molar-refractivity contribution in [3.63, 3.8) is 0 Å². The first-order chi connectivity index (χ1) is 6.00.